The maximum Gasteiger partial charge on any atom is 0.129 e. The summed E-state index contributed by atoms with van der Waals surface area (Å²) in [6.45, 7) is 9.50. The van der Waals surface area contributed by atoms with Gasteiger partial charge in [0, 0.05) is 16.3 Å². The van der Waals surface area contributed by atoms with Crippen molar-refractivity contribution in [2.24, 2.45) is 0 Å². The summed E-state index contributed by atoms with van der Waals surface area (Å²) >= 11 is 7.71. The first-order valence-corrected chi connectivity index (χ1v) is 7.52. The van der Waals surface area contributed by atoms with Crippen molar-refractivity contribution in [1.82, 2.24) is 4.98 Å². The third kappa shape index (κ3) is 3.71. The molecule has 0 atom stereocenters. The molecule has 2 heterocycles. The maximum atomic E-state index is 5.85. The minimum absolute atomic E-state index is 0.223. The van der Waals surface area contributed by atoms with Gasteiger partial charge in [0.05, 0.1) is 11.4 Å². The highest BCUT2D eigenvalue weighted by molar-refractivity contribution is 7.12. The van der Waals surface area contributed by atoms with Crippen molar-refractivity contribution < 1.29 is 0 Å². The van der Waals surface area contributed by atoms with Crippen LogP contribution < -0.4 is 5.32 Å². The number of thiophene rings is 1. The standard InChI is InChI=1S/C15H19ClN2S/c1-10-12(6-8-14(16)18-10)17-9-11-5-7-13(19-11)15(2,3)4/h5-8,17H,9H2,1-4H3. The number of hydrogen-bond acceptors (Lipinski definition) is 3. The molecule has 0 saturated heterocycles. The van der Waals surface area contributed by atoms with E-state index in [0.29, 0.717) is 5.15 Å². The monoisotopic (exact) mass is 294 g/mol. The molecule has 2 rings (SSSR count). The number of rotatable bonds is 3. The molecule has 0 radical (unpaired) electrons. The van der Waals surface area contributed by atoms with E-state index >= 15 is 0 Å². The highest BCUT2D eigenvalue weighted by Crippen LogP contribution is 2.30. The zero-order valence-electron chi connectivity index (χ0n) is 11.7. The molecule has 0 aliphatic rings. The van der Waals surface area contributed by atoms with Crippen LogP contribution in [0.2, 0.25) is 5.15 Å². The molecule has 102 valence electrons. The van der Waals surface area contributed by atoms with Crippen molar-refractivity contribution in [1.29, 1.82) is 0 Å². The van der Waals surface area contributed by atoms with Crippen LogP contribution in [0.1, 0.15) is 36.2 Å². The van der Waals surface area contributed by atoms with E-state index in [0.717, 1.165) is 17.9 Å². The molecule has 2 aromatic rings. The van der Waals surface area contributed by atoms with Crippen LogP contribution in [-0.4, -0.2) is 4.98 Å². The van der Waals surface area contributed by atoms with Crippen LogP contribution in [0.25, 0.3) is 0 Å². The first kappa shape index (κ1) is 14.4. The molecule has 0 unspecified atom stereocenters. The molecular formula is C15H19ClN2S. The number of hydrogen-bond donors (Lipinski definition) is 1. The summed E-state index contributed by atoms with van der Waals surface area (Å²) in [5, 5.41) is 3.95. The van der Waals surface area contributed by atoms with E-state index < -0.39 is 0 Å². The summed E-state index contributed by atoms with van der Waals surface area (Å²) in [7, 11) is 0. The SMILES string of the molecule is Cc1nc(Cl)ccc1NCc1ccc(C(C)(C)C)s1. The molecule has 4 heteroatoms. The van der Waals surface area contributed by atoms with Crippen molar-refractivity contribution in [3.8, 4) is 0 Å². The number of nitrogens with zero attached hydrogens (tertiary/aromatic N) is 1. The molecule has 2 aromatic heterocycles. The van der Waals surface area contributed by atoms with Crippen LogP contribution in [0, 0.1) is 6.92 Å². The molecule has 0 spiro atoms. The van der Waals surface area contributed by atoms with Crippen molar-refractivity contribution in [3.63, 3.8) is 0 Å². The van der Waals surface area contributed by atoms with Gasteiger partial charge in [-0.25, -0.2) is 4.98 Å². The molecule has 1 N–H and O–H groups in total. The van der Waals surface area contributed by atoms with Crippen LogP contribution in [0.15, 0.2) is 24.3 Å². The normalized spacial score (nSPS) is 11.6. The van der Waals surface area contributed by atoms with Gasteiger partial charge in [0.2, 0.25) is 0 Å². The zero-order valence-corrected chi connectivity index (χ0v) is 13.3. The number of pyridine rings is 1. The smallest absolute Gasteiger partial charge is 0.129 e. The van der Waals surface area contributed by atoms with Crippen LogP contribution >= 0.6 is 22.9 Å². The average Bonchev–Trinajstić information content (AvgIpc) is 2.76. The largest absolute Gasteiger partial charge is 0.379 e. The van der Waals surface area contributed by atoms with Crippen molar-refractivity contribution >= 4 is 28.6 Å². The molecule has 0 aliphatic heterocycles. The molecule has 19 heavy (non-hydrogen) atoms. The van der Waals surface area contributed by atoms with Gasteiger partial charge in [-0.2, -0.15) is 0 Å². The van der Waals surface area contributed by atoms with Gasteiger partial charge in [0.15, 0.2) is 0 Å². The highest BCUT2D eigenvalue weighted by atomic mass is 35.5. The molecule has 0 aromatic carbocycles. The predicted octanol–water partition coefficient (Wildman–Crippen LogP) is 5.01. The lowest BCUT2D eigenvalue weighted by molar-refractivity contribution is 0.604. The Bertz CT molecular complexity index is 570. The molecular weight excluding hydrogens is 276 g/mol. The third-order valence-corrected chi connectivity index (χ3v) is 4.63. The van der Waals surface area contributed by atoms with E-state index in [4.69, 9.17) is 11.6 Å². The van der Waals surface area contributed by atoms with Gasteiger partial charge in [-0.15, -0.1) is 11.3 Å². The Balaban J connectivity index is 2.04. The fourth-order valence-corrected chi connectivity index (χ4v) is 2.97. The van der Waals surface area contributed by atoms with Gasteiger partial charge in [0.25, 0.3) is 0 Å². The fraction of sp³-hybridized carbons (Fsp3) is 0.400. The number of halogens is 1. The summed E-state index contributed by atoms with van der Waals surface area (Å²) in [5.74, 6) is 0. The Kier molecular flexibility index (Phi) is 4.16. The van der Waals surface area contributed by atoms with Gasteiger partial charge in [-0.05, 0) is 36.6 Å². The van der Waals surface area contributed by atoms with Gasteiger partial charge in [0.1, 0.15) is 5.15 Å². The molecule has 0 bridgehead atoms. The third-order valence-electron chi connectivity index (χ3n) is 2.91. The predicted molar refractivity (Wildman–Crippen MR) is 84.3 cm³/mol. The van der Waals surface area contributed by atoms with E-state index in [9.17, 15) is 0 Å². The van der Waals surface area contributed by atoms with Crippen molar-refractivity contribution in [3.05, 3.63) is 44.9 Å². The fourth-order valence-electron chi connectivity index (χ4n) is 1.78. The summed E-state index contributed by atoms with van der Waals surface area (Å²) in [6.07, 6.45) is 0. The Labute approximate surface area is 123 Å². The lowest BCUT2D eigenvalue weighted by Gasteiger charge is -2.15. The molecule has 0 saturated carbocycles. The lowest BCUT2D eigenvalue weighted by atomic mass is 9.95. The molecule has 0 aliphatic carbocycles. The second-order valence-electron chi connectivity index (χ2n) is 5.64. The number of nitrogens with one attached hydrogen (secondary N) is 1. The highest BCUT2D eigenvalue weighted by Gasteiger charge is 2.15. The van der Waals surface area contributed by atoms with Crippen LogP contribution in [0.3, 0.4) is 0 Å². The first-order valence-electron chi connectivity index (χ1n) is 6.32. The second-order valence-corrected chi connectivity index (χ2v) is 7.19. The van der Waals surface area contributed by atoms with Gasteiger partial charge >= 0.3 is 0 Å². The van der Waals surface area contributed by atoms with E-state index in [1.54, 1.807) is 0 Å². The van der Waals surface area contributed by atoms with Crippen LogP contribution in [-0.2, 0) is 12.0 Å². The van der Waals surface area contributed by atoms with E-state index in [1.165, 1.54) is 9.75 Å². The van der Waals surface area contributed by atoms with E-state index in [2.05, 4.69) is 43.2 Å². The van der Waals surface area contributed by atoms with Gasteiger partial charge < -0.3 is 5.32 Å². The van der Waals surface area contributed by atoms with Gasteiger partial charge in [-0.3, -0.25) is 0 Å². The zero-order chi connectivity index (χ0) is 14.0. The first-order chi connectivity index (χ1) is 8.86. The van der Waals surface area contributed by atoms with Crippen molar-refractivity contribution in [2.75, 3.05) is 5.32 Å². The summed E-state index contributed by atoms with van der Waals surface area (Å²) in [4.78, 5) is 6.98. The second kappa shape index (κ2) is 5.51. The topological polar surface area (TPSA) is 24.9 Å². The lowest BCUT2D eigenvalue weighted by Crippen LogP contribution is -2.07. The Hall–Kier alpha value is -1.06. The maximum absolute atomic E-state index is 5.85. The quantitative estimate of drug-likeness (QED) is 0.805. The average molecular weight is 295 g/mol. The molecule has 2 nitrogen and oxygen atoms in total. The summed E-state index contributed by atoms with van der Waals surface area (Å²) in [5.41, 5.74) is 2.19. The Morgan fingerprint density at radius 3 is 2.53 bits per heavy atom. The summed E-state index contributed by atoms with van der Waals surface area (Å²) < 4.78 is 0. The van der Waals surface area contributed by atoms with Crippen LogP contribution in [0.4, 0.5) is 5.69 Å². The number of aryl methyl sites for hydroxylation is 1. The van der Waals surface area contributed by atoms with E-state index in [1.807, 2.05) is 30.4 Å². The summed E-state index contributed by atoms with van der Waals surface area (Å²) in [6, 6.07) is 8.19. The van der Waals surface area contributed by atoms with E-state index in [-0.39, 0.29) is 5.41 Å². The Morgan fingerprint density at radius 1 is 1.21 bits per heavy atom. The Morgan fingerprint density at radius 2 is 1.95 bits per heavy atom. The van der Waals surface area contributed by atoms with Crippen LogP contribution in [0.5, 0.6) is 0 Å². The minimum atomic E-state index is 0.223. The number of aromatic nitrogens is 1. The molecule has 0 fully saturated rings. The van der Waals surface area contributed by atoms with Gasteiger partial charge in [-0.1, -0.05) is 32.4 Å². The minimum Gasteiger partial charge on any atom is -0.379 e. The number of anilines is 1. The molecule has 0 amide bonds. The van der Waals surface area contributed by atoms with Crippen molar-refractivity contribution in [2.45, 2.75) is 39.7 Å².